The summed E-state index contributed by atoms with van der Waals surface area (Å²) in [5.41, 5.74) is 4.91. The van der Waals surface area contributed by atoms with Crippen LogP contribution in [0.1, 0.15) is 34.4 Å². The fourth-order valence-electron chi connectivity index (χ4n) is 4.45. The fourth-order valence-corrected chi connectivity index (χ4v) is 4.45. The highest BCUT2D eigenvalue weighted by Gasteiger charge is 2.17. The van der Waals surface area contributed by atoms with Gasteiger partial charge in [0.15, 0.2) is 0 Å². The van der Waals surface area contributed by atoms with Gasteiger partial charge in [-0.15, -0.1) is 30.6 Å². The number of rotatable bonds is 9. The molecule has 45 heavy (non-hydrogen) atoms. The minimum atomic E-state index is 0.304. The van der Waals surface area contributed by atoms with Crippen LogP contribution in [0.25, 0.3) is 70.8 Å². The summed E-state index contributed by atoms with van der Waals surface area (Å²) in [4.78, 5) is 0. The molecule has 0 N–H and O–H groups in total. The zero-order valence-electron chi connectivity index (χ0n) is 23.8. The van der Waals surface area contributed by atoms with Crippen molar-refractivity contribution in [3.8, 4) is 34.4 Å². The lowest BCUT2D eigenvalue weighted by molar-refractivity contribution is 0.554. The van der Waals surface area contributed by atoms with Crippen LogP contribution in [-0.4, -0.2) is 30.6 Å². The van der Waals surface area contributed by atoms with Crippen LogP contribution in [0.4, 0.5) is 0 Å². The Kier molecular flexibility index (Phi) is 7.78. The highest BCUT2D eigenvalue weighted by molar-refractivity contribution is 5.75. The minimum Gasteiger partial charge on any atom is -0.417 e. The third kappa shape index (κ3) is 6.79. The molecule has 0 aliphatic carbocycles. The molecule has 0 atom stereocenters. The van der Waals surface area contributed by atoms with Crippen molar-refractivity contribution in [3.63, 3.8) is 0 Å². The van der Waals surface area contributed by atoms with Gasteiger partial charge in [0.25, 0.3) is 0 Å². The smallest absolute Gasteiger partial charge is 0.248 e. The van der Waals surface area contributed by atoms with Gasteiger partial charge in [0.2, 0.25) is 35.3 Å². The van der Waals surface area contributed by atoms with E-state index < -0.39 is 0 Å². The predicted octanol–water partition coefficient (Wildman–Crippen LogP) is 8.35. The monoisotopic (exact) mass is 588 g/mol. The summed E-state index contributed by atoms with van der Waals surface area (Å²) >= 11 is 0. The maximum atomic E-state index is 5.99. The van der Waals surface area contributed by atoms with E-state index in [4.69, 9.17) is 13.3 Å². The Morgan fingerprint density at radius 3 is 0.911 bits per heavy atom. The predicted molar refractivity (Wildman–Crippen MR) is 172 cm³/mol. The molecule has 0 spiro atoms. The van der Waals surface area contributed by atoms with E-state index in [2.05, 4.69) is 30.6 Å². The molecule has 0 saturated heterocycles. The maximum absolute atomic E-state index is 5.99. The van der Waals surface area contributed by atoms with Crippen molar-refractivity contribution in [1.82, 2.24) is 30.6 Å². The third-order valence-corrected chi connectivity index (χ3v) is 6.65. The Balaban J connectivity index is 1.22. The second-order valence-electron chi connectivity index (χ2n) is 9.87. The molecule has 0 aliphatic heterocycles. The molecule has 0 amide bonds. The fraction of sp³-hybridized carbons (Fsp3) is 0. The molecule has 0 bridgehead atoms. The Labute approximate surface area is 258 Å². The van der Waals surface area contributed by atoms with Gasteiger partial charge in [0.1, 0.15) is 0 Å². The van der Waals surface area contributed by atoms with E-state index in [1.54, 1.807) is 18.2 Å². The van der Waals surface area contributed by atoms with Gasteiger partial charge < -0.3 is 13.3 Å². The maximum Gasteiger partial charge on any atom is 0.248 e. The number of hydrogen-bond donors (Lipinski definition) is 0. The van der Waals surface area contributed by atoms with Gasteiger partial charge in [-0.2, -0.15) is 0 Å². The zero-order chi connectivity index (χ0) is 30.3. The van der Waals surface area contributed by atoms with Gasteiger partial charge in [-0.05, 0) is 53.1 Å². The molecule has 3 heterocycles. The van der Waals surface area contributed by atoms with Crippen LogP contribution in [0.3, 0.4) is 0 Å². The molecule has 0 saturated carbocycles. The summed E-state index contributed by atoms with van der Waals surface area (Å²) in [5.74, 6) is 1.99. The van der Waals surface area contributed by atoms with Crippen LogP contribution in [0.5, 0.6) is 0 Å². The number of aromatic nitrogens is 6. The largest absolute Gasteiger partial charge is 0.417 e. The Hall–Kier alpha value is -6.48. The summed E-state index contributed by atoms with van der Waals surface area (Å²) in [6, 6.07) is 35.1. The summed E-state index contributed by atoms with van der Waals surface area (Å²) in [5, 5.41) is 25.5. The molecule has 0 unspecified atom stereocenters. The first kappa shape index (κ1) is 27.4. The molecule has 9 nitrogen and oxygen atoms in total. The second kappa shape index (κ2) is 12.8. The number of nitrogens with zero attached hydrogens (tertiary/aromatic N) is 6. The van der Waals surface area contributed by atoms with Crippen molar-refractivity contribution in [2.24, 2.45) is 0 Å². The third-order valence-electron chi connectivity index (χ3n) is 6.65. The van der Waals surface area contributed by atoms with Gasteiger partial charge in [-0.3, -0.25) is 0 Å². The van der Waals surface area contributed by atoms with Crippen LogP contribution in [0, 0.1) is 0 Å². The molecule has 7 aromatic rings. The molecule has 4 aromatic carbocycles. The van der Waals surface area contributed by atoms with E-state index in [0.29, 0.717) is 52.0 Å². The summed E-state index contributed by atoms with van der Waals surface area (Å²) in [7, 11) is 0. The molecule has 216 valence electrons. The van der Waals surface area contributed by atoms with Gasteiger partial charge in [-0.25, -0.2) is 0 Å². The van der Waals surface area contributed by atoms with Crippen molar-refractivity contribution in [1.29, 1.82) is 0 Å². The van der Waals surface area contributed by atoms with E-state index in [1.807, 2.05) is 127 Å². The van der Waals surface area contributed by atoms with Crippen molar-refractivity contribution in [3.05, 3.63) is 144 Å². The zero-order valence-corrected chi connectivity index (χ0v) is 23.8. The van der Waals surface area contributed by atoms with Crippen LogP contribution in [0.2, 0.25) is 0 Å². The lowest BCUT2D eigenvalue weighted by atomic mass is 10.1. The molecule has 0 radical (unpaired) electrons. The van der Waals surface area contributed by atoms with Crippen molar-refractivity contribution in [2.75, 3.05) is 0 Å². The highest BCUT2D eigenvalue weighted by Crippen LogP contribution is 2.32. The first-order valence-electron chi connectivity index (χ1n) is 14.1. The molecule has 7 rings (SSSR count). The standard InChI is InChI=1S/C36H24N6O3/c1-4-10-25(11-5-1)16-19-31-37-40-34(43-31)28-22-29(35-41-38-32(44-35)20-17-26-12-6-2-7-13-26)24-30(23-28)36-42-39-33(45-36)21-18-27-14-8-3-9-15-27/h1-24H. The molecule has 9 heteroatoms. The summed E-state index contributed by atoms with van der Waals surface area (Å²) < 4.78 is 18.0. The minimum absolute atomic E-state index is 0.304. The van der Waals surface area contributed by atoms with Crippen LogP contribution in [0.15, 0.2) is 122 Å². The molecule has 3 aromatic heterocycles. The SMILES string of the molecule is C(=Cc1nnc(-c2cc(-c3nnc(C=Cc4ccccc4)o3)cc(-c3nnc(C=Cc4ccccc4)o3)c2)o1)c1ccccc1. The van der Waals surface area contributed by atoms with Crippen LogP contribution < -0.4 is 0 Å². The molecule has 0 fully saturated rings. The summed E-state index contributed by atoms with van der Waals surface area (Å²) in [6.07, 6.45) is 11.0. The average Bonchev–Trinajstić information content (AvgIpc) is 3.89. The van der Waals surface area contributed by atoms with E-state index in [-0.39, 0.29) is 0 Å². The van der Waals surface area contributed by atoms with Crippen LogP contribution >= 0.6 is 0 Å². The van der Waals surface area contributed by atoms with Crippen molar-refractivity contribution in [2.45, 2.75) is 0 Å². The van der Waals surface area contributed by atoms with E-state index in [0.717, 1.165) is 16.7 Å². The lowest BCUT2D eigenvalue weighted by Gasteiger charge is -2.03. The molecular formula is C36H24N6O3. The Morgan fingerprint density at radius 2 is 0.622 bits per heavy atom. The first-order valence-corrected chi connectivity index (χ1v) is 14.1. The number of hydrogen-bond acceptors (Lipinski definition) is 9. The lowest BCUT2D eigenvalue weighted by Crippen LogP contribution is -1.87. The molecular weight excluding hydrogens is 564 g/mol. The molecule has 0 aliphatic rings. The second-order valence-corrected chi connectivity index (χ2v) is 9.87. The van der Waals surface area contributed by atoms with Gasteiger partial charge in [0.05, 0.1) is 0 Å². The van der Waals surface area contributed by atoms with Gasteiger partial charge in [0, 0.05) is 34.9 Å². The van der Waals surface area contributed by atoms with Gasteiger partial charge >= 0.3 is 0 Å². The Morgan fingerprint density at radius 1 is 0.333 bits per heavy atom. The van der Waals surface area contributed by atoms with E-state index in [9.17, 15) is 0 Å². The normalized spacial score (nSPS) is 11.7. The quantitative estimate of drug-likeness (QED) is 0.164. The average molecular weight is 589 g/mol. The highest BCUT2D eigenvalue weighted by atomic mass is 16.4. The topological polar surface area (TPSA) is 117 Å². The Bertz CT molecular complexity index is 1860. The van der Waals surface area contributed by atoms with E-state index >= 15 is 0 Å². The van der Waals surface area contributed by atoms with Crippen molar-refractivity contribution < 1.29 is 13.3 Å². The van der Waals surface area contributed by atoms with E-state index in [1.165, 1.54) is 0 Å². The number of benzene rings is 4. The van der Waals surface area contributed by atoms with Crippen LogP contribution in [-0.2, 0) is 0 Å². The van der Waals surface area contributed by atoms with Gasteiger partial charge in [-0.1, -0.05) is 91.0 Å². The first-order chi connectivity index (χ1) is 22.2. The summed E-state index contributed by atoms with van der Waals surface area (Å²) in [6.45, 7) is 0. The van der Waals surface area contributed by atoms with Crippen molar-refractivity contribution >= 4 is 36.5 Å².